The highest BCUT2D eigenvalue weighted by Gasteiger charge is 2.15. The van der Waals surface area contributed by atoms with E-state index in [-0.39, 0.29) is 0 Å². The summed E-state index contributed by atoms with van der Waals surface area (Å²) in [7, 11) is 1.36. The monoisotopic (exact) mass is 387 g/mol. The van der Waals surface area contributed by atoms with Gasteiger partial charge in [0.1, 0.15) is 30.4 Å². The molecule has 5 heteroatoms. The second-order valence-corrected chi connectivity index (χ2v) is 6.61. The topological polar surface area (TPSA) is 60.6 Å². The molecule has 0 radical (unpaired) electrons. The average molecular weight is 387 g/mol. The van der Waals surface area contributed by atoms with Crippen LogP contribution in [0.25, 0.3) is 10.9 Å². The van der Waals surface area contributed by atoms with Crippen LogP contribution in [0.2, 0.25) is 0 Å². The number of H-pyrrole nitrogens is 1. The molecule has 0 aliphatic carbocycles. The van der Waals surface area contributed by atoms with Gasteiger partial charge in [-0.05, 0) is 23.3 Å². The minimum absolute atomic E-state index is 0.368. The van der Waals surface area contributed by atoms with E-state index in [0.29, 0.717) is 30.4 Å². The van der Waals surface area contributed by atoms with E-state index in [1.165, 1.54) is 7.11 Å². The molecule has 0 unspecified atom stereocenters. The molecule has 0 amide bonds. The lowest BCUT2D eigenvalue weighted by Crippen LogP contribution is -2.01. The van der Waals surface area contributed by atoms with E-state index < -0.39 is 5.97 Å². The van der Waals surface area contributed by atoms with Crippen molar-refractivity contribution in [1.29, 1.82) is 0 Å². The SMILES string of the molecule is COC(=O)c1cc2cc(OCc3ccccc3)cc(OCc3ccccc3)c2[nH]1. The van der Waals surface area contributed by atoms with Crippen LogP contribution in [0.1, 0.15) is 21.6 Å². The second kappa shape index (κ2) is 8.52. The fourth-order valence-corrected chi connectivity index (χ4v) is 3.08. The number of esters is 1. The van der Waals surface area contributed by atoms with Crippen molar-refractivity contribution in [2.45, 2.75) is 13.2 Å². The highest BCUT2D eigenvalue weighted by molar-refractivity contribution is 5.97. The van der Waals surface area contributed by atoms with Crippen molar-refractivity contribution in [2.75, 3.05) is 7.11 Å². The normalized spacial score (nSPS) is 10.7. The first-order valence-electron chi connectivity index (χ1n) is 9.31. The van der Waals surface area contributed by atoms with Gasteiger partial charge in [-0.25, -0.2) is 4.79 Å². The van der Waals surface area contributed by atoms with E-state index in [2.05, 4.69) is 4.98 Å². The van der Waals surface area contributed by atoms with Gasteiger partial charge in [0.25, 0.3) is 0 Å². The van der Waals surface area contributed by atoms with Crippen molar-refractivity contribution < 1.29 is 19.0 Å². The predicted octanol–water partition coefficient (Wildman–Crippen LogP) is 5.11. The van der Waals surface area contributed by atoms with E-state index in [4.69, 9.17) is 14.2 Å². The van der Waals surface area contributed by atoms with Gasteiger partial charge in [-0.15, -0.1) is 0 Å². The van der Waals surface area contributed by atoms with Gasteiger partial charge < -0.3 is 19.2 Å². The Morgan fingerprint density at radius 1 is 0.828 bits per heavy atom. The van der Waals surface area contributed by atoms with Gasteiger partial charge in [0.2, 0.25) is 0 Å². The zero-order chi connectivity index (χ0) is 20.1. The molecule has 0 aliphatic rings. The molecule has 29 heavy (non-hydrogen) atoms. The Morgan fingerprint density at radius 2 is 1.45 bits per heavy atom. The van der Waals surface area contributed by atoms with Crippen molar-refractivity contribution in [3.05, 3.63) is 95.7 Å². The molecule has 0 saturated carbocycles. The van der Waals surface area contributed by atoms with Gasteiger partial charge in [-0.1, -0.05) is 60.7 Å². The van der Waals surface area contributed by atoms with Crippen LogP contribution in [0, 0.1) is 0 Å². The molecule has 3 aromatic carbocycles. The van der Waals surface area contributed by atoms with E-state index in [0.717, 1.165) is 22.0 Å². The first kappa shape index (κ1) is 18.6. The van der Waals surface area contributed by atoms with E-state index in [1.807, 2.05) is 72.8 Å². The van der Waals surface area contributed by atoms with Crippen molar-refractivity contribution >= 4 is 16.9 Å². The number of nitrogens with one attached hydrogen (secondary N) is 1. The number of hydrogen-bond donors (Lipinski definition) is 1. The van der Waals surface area contributed by atoms with Crippen molar-refractivity contribution in [3.8, 4) is 11.5 Å². The van der Waals surface area contributed by atoms with Crippen molar-refractivity contribution in [2.24, 2.45) is 0 Å². The summed E-state index contributed by atoms with van der Waals surface area (Å²) in [5, 5.41) is 0.819. The number of benzene rings is 3. The third kappa shape index (κ3) is 4.41. The van der Waals surface area contributed by atoms with Gasteiger partial charge >= 0.3 is 5.97 Å². The zero-order valence-electron chi connectivity index (χ0n) is 16.1. The molecule has 0 fully saturated rings. The Labute approximate surface area is 168 Å². The molecule has 4 aromatic rings. The number of methoxy groups -OCH3 is 1. The van der Waals surface area contributed by atoms with E-state index in [9.17, 15) is 4.79 Å². The van der Waals surface area contributed by atoms with Crippen LogP contribution in [0.3, 0.4) is 0 Å². The summed E-state index contributed by atoms with van der Waals surface area (Å²) in [6.45, 7) is 0.851. The highest BCUT2D eigenvalue weighted by atomic mass is 16.5. The predicted molar refractivity (Wildman–Crippen MR) is 111 cm³/mol. The third-order valence-electron chi connectivity index (χ3n) is 4.56. The number of aromatic amines is 1. The molecular formula is C24H21NO4. The number of hydrogen-bond acceptors (Lipinski definition) is 4. The summed E-state index contributed by atoms with van der Waals surface area (Å²) in [4.78, 5) is 15.0. The maximum atomic E-state index is 11.9. The highest BCUT2D eigenvalue weighted by Crippen LogP contribution is 2.32. The Balaban J connectivity index is 1.63. The number of aromatic nitrogens is 1. The van der Waals surface area contributed by atoms with Crippen LogP contribution < -0.4 is 9.47 Å². The molecule has 0 spiro atoms. The number of carbonyl (C=O) groups is 1. The quantitative estimate of drug-likeness (QED) is 0.448. The summed E-state index contributed by atoms with van der Waals surface area (Å²) in [6.07, 6.45) is 0. The van der Waals surface area contributed by atoms with Crippen LogP contribution >= 0.6 is 0 Å². The molecule has 0 saturated heterocycles. The van der Waals surface area contributed by atoms with Gasteiger partial charge in [0.15, 0.2) is 0 Å². The Kier molecular flexibility index (Phi) is 5.47. The lowest BCUT2D eigenvalue weighted by Gasteiger charge is -2.11. The number of rotatable bonds is 7. The molecule has 0 bridgehead atoms. The zero-order valence-corrected chi connectivity index (χ0v) is 16.1. The average Bonchev–Trinajstić information content (AvgIpc) is 3.21. The molecule has 4 rings (SSSR count). The van der Waals surface area contributed by atoms with Crippen LogP contribution in [-0.4, -0.2) is 18.1 Å². The lowest BCUT2D eigenvalue weighted by molar-refractivity contribution is 0.0595. The summed E-state index contributed by atoms with van der Waals surface area (Å²) < 4.78 is 16.9. The molecular weight excluding hydrogens is 366 g/mol. The minimum atomic E-state index is -0.429. The molecule has 146 valence electrons. The smallest absolute Gasteiger partial charge is 0.354 e. The van der Waals surface area contributed by atoms with Gasteiger partial charge in [-0.3, -0.25) is 0 Å². The van der Waals surface area contributed by atoms with Crippen LogP contribution in [0.15, 0.2) is 78.9 Å². The van der Waals surface area contributed by atoms with Gasteiger partial charge in [0.05, 0.1) is 12.6 Å². The summed E-state index contributed by atoms with van der Waals surface area (Å²) in [5.41, 5.74) is 3.22. The number of fused-ring (bicyclic) bond motifs is 1. The number of ether oxygens (including phenoxy) is 3. The van der Waals surface area contributed by atoms with E-state index in [1.54, 1.807) is 6.07 Å². The molecule has 5 nitrogen and oxygen atoms in total. The van der Waals surface area contributed by atoms with Crippen LogP contribution in [-0.2, 0) is 18.0 Å². The number of carbonyl (C=O) groups excluding carboxylic acids is 1. The first-order valence-corrected chi connectivity index (χ1v) is 9.31. The summed E-state index contributed by atoms with van der Waals surface area (Å²) >= 11 is 0. The van der Waals surface area contributed by atoms with Crippen molar-refractivity contribution in [1.82, 2.24) is 4.98 Å². The molecule has 1 heterocycles. The molecule has 1 aromatic heterocycles. The fraction of sp³-hybridized carbons (Fsp3) is 0.125. The van der Waals surface area contributed by atoms with Crippen LogP contribution in [0.4, 0.5) is 0 Å². The van der Waals surface area contributed by atoms with Gasteiger partial charge in [0, 0.05) is 11.5 Å². The van der Waals surface area contributed by atoms with E-state index >= 15 is 0 Å². The Hall–Kier alpha value is -3.73. The second-order valence-electron chi connectivity index (χ2n) is 6.61. The molecule has 0 aliphatic heterocycles. The standard InChI is InChI=1S/C24H21NO4/c1-27-24(26)21-13-19-12-20(28-15-17-8-4-2-5-9-17)14-22(23(19)25-21)29-16-18-10-6-3-7-11-18/h2-14,25H,15-16H2,1H3. The lowest BCUT2D eigenvalue weighted by atomic mass is 10.2. The summed E-state index contributed by atoms with van der Waals surface area (Å²) in [5.74, 6) is 0.853. The maximum Gasteiger partial charge on any atom is 0.354 e. The summed E-state index contributed by atoms with van der Waals surface area (Å²) in [6, 6.07) is 25.3. The first-order chi connectivity index (χ1) is 14.2. The minimum Gasteiger partial charge on any atom is -0.489 e. The van der Waals surface area contributed by atoms with Crippen LogP contribution in [0.5, 0.6) is 11.5 Å². The van der Waals surface area contributed by atoms with Crippen molar-refractivity contribution in [3.63, 3.8) is 0 Å². The largest absolute Gasteiger partial charge is 0.489 e. The Bertz CT molecular complexity index is 1100. The Morgan fingerprint density at radius 3 is 2.07 bits per heavy atom. The molecule has 1 N–H and O–H groups in total. The molecule has 0 atom stereocenters. The maximum absolute atomic E-state index is 11.9. The third-order valence-corrected chi connectivity index (χ3v) is 4.56. The fourth-order valence-electron chi connectivity index (χ4n) is 3.08. The van der Waals surface area contributed by atoms with Gasteiger partial charge in [-0.2, -0.15) is 0 Å².